The van der Waals surface area contributed by atoms with Crippen LogP contribution in [0.5, 0.6) is 0 Å². The maximum absolute atomic E-state index is 5.81. The molecule has 1 atom stereocenters. The zero-order valence-electron chi connectivity index (χ0n) is 10.7. The molecule has 5 nitrogen and oxygen atoms in total. The molecule has 1 heterocycles. The molecule has 17 heavy (non-hydrogen) atoms. The summed E-state index contributed by atoms with van der Waals surface area (Å²) in [5.41, 5.74) is 5.81. The summed E-state index contributed by atoms with van der Waals surface area (Å²) in [6.07, 6.45) is 4.53. The van der Waals surface area contributed by atoms with E-state index in [1.807, 2.05) is 0 Å². The summed E-state index contributed by atoms with van der Waals surface area (Å²) in [7, 11) is 2.08. The summed E-state index contributed by atoms with van der Waals surface area (Å²) in [6, 6.07) is 0.455. The highest BCUT2D eigenvalue weighted by atomic mass is 16.5. The lowest BCUT2D eigenvalue weighted by molar-refractivity contribution is 0.189. The standard InChI is InChI=1S/C12H22N4O/c1-3-4-11-14-12(17-15-11)8-16(2)10(7-13)9-5-6-9/h9-10H,3-8,13H2,1-2H3. The lowest BCUT2D eigenvalue weighted by Gasteiger charge is -2.25. The largest absolute Gasteiger partial charge is 0.338 e. The molecule has 2 N–H and O–H groups in total. The van der Waals surface area contributed by atoms with Crippen LogP contribution < -0.4 is 5.73 Å². The summed E-state index contributed by atoms with van der Waals surface area (Å²) < 4.78 is 5.24. The Balaban J connectivity index is 1.89. The molecule has 0 amide bonds. The number of aryl methyl sites for hydroxylation is 1. The van der Waals surface area contributed by atoms with Gasteiger partial charge in [0.2, 0.25) is 5.89 Å². The molecule has 1 aromatic rings. The van der Waals surface area contributed by atoms with Gasteiger partial charge < -0.3 is 10.3 Å². The van der Waals surface area contributed by atoms with Crippen molar-refractivity contribution >= 4 is 0 Å². The van der Waals surface area contributed by atoms with Crippen LogP contribution in [0.2, 0.25) is 0 Å². The fraction of sp³-hybridized carbons (Fsp3) is 0.833. The van der Waals surface area contributed by atoms with Gasteiger partial charge in [0.05, 0.1) is 6.54 Å². The number of aromatic nitrogens is 2. The van der Waals surface area contributed by atoms with E-state index in [2.05, 4.69) is 29.0 Å². The molecule has 0 aromatic carbocycles. The zero-order valence-corrected chi connectivity index (χ0v) is 10.7. The van der Waals surface area contributed by atoms with Crippen molar-refractivity contribution in [3.05, 3.63) is 11.7 Å². The van der Waals surface area contributed by atoms with E-state index in [9.17, 15) is 0 Å². The minimum absolute atomic E-state index is 0.455. The van der Waals surface area contributed by atoms with Crippen molar-refractivity contribution in [2.75, 3.05) is 13.6 Å². The molecule has 5 heteroatoms. The molecule has 1 aliphatic carbocycles. The lowest BCUT2D eigenvalue weighted by atomic mass is 10.1. The smallest absolute Gasteiger partial charge is 0.240 e. The van der Waals surface area contributed by atoms with Gasteiger partial charge in [-0.1, -0.05) is 12.1 Å². The Morgan fingerprint density at radius 1 is 1.53 bits per heavy atom. The predicted octanol–water partition coefficient (Wildman–Crippen LogP) is 1.19. The predicted molar refractivity (Wildman–Crippen MR) is 65.3 cm³/mol. The third kappa shape index (κ3) is 3.26. The summed E-state index contributed by atoms with van der Waals surface area (Å²) in [4.78, 5) is 6.61. The van der Waals surface area contributed by atoms with Crippen molar-refractivity contribution in [2.24, 2.45) is 11.7 Å². The topological polar surface area (TPSA) is 68.2 Å². The quantitative estimate of drug-likeness (QED) is 0.773. The number of nitrogens with zero attached hydrogens (tertiary/aromatic N) is 3. The molecular formula is C12H22N4O. The van der Waals surface area contributed by atoms with Crippen LogP contribution in [0.25, 0.3) is 0 Å². The van der Waals surface area contributed by atoms with E-state index in [4.69, 9.17) is 10.3 Å². The Labute approximate surface area is 102 Å². The molecule has 0 saturated heterocycles. The Morgan fingerprint density at radius 3 is 2.88 bits per heavy atom. The fourth-order valence-corrected chi connectivity index (χ4v) is 2.22. The van der Waals surface area contributed by atoms with Crippen molar-refractivity contribution < 1.29 is 4.52 Å². The van der Waals surface area contributed by atoms with E-state index >= 15 is 0 Å². The molecule has 1 fully saturated rings. The molecule has 1 saturated carbocycles. The van der Waals surface area contributed by atoms with E-state index in [1.54, 1.807) is 0 Å². The Bertz CT molecular complexity index is 348. The van der Waals surface area contributed by atoms with Crippen molar-refractivity contribution in [2.45, 2.75) is 45.2 Å². The maximum atomic E-state index is 5.81. The van der Waals surface area contributed by atoms with Crippen LogP contribution in [0.1, 0.15) is 37.9 Å². The highest BCUT2D eigenvalue weighted by Gasteiger charge is 2.33. The minimum atomic E-state index is 0.455. The van der Waals surface area contributed by atoms with Gasteiger partial charge in [-0.3, -0.25) is 4.90 Å². The Morgan fingerprint density at radius 2 is 2.29 bits per heavy atom. The highest BCUT2D eigenvalue weighted by Crippen LogP contribution is 2.34. The molecule has 2 rings (SSSR count). The number of likely N-dealkylation sites (N-methyl/N-ethyl adjacent to an activating group) is 1. The van der Waals surface area contributed by atoms with Gasteiger partial charge in [0.15, 0.2) is 5.82 Å². The van der Waals surface area contributed by atoms with Crippen LogP contribution in [-0.2, 0) is 13.0 Å². The zero-order chi connectivity index (χ0) is 12.3. The van der Waals surface area contributed by atoms with Gasteiger partial charge in [0, 0.05) is 19.0 Å². The first-order valence-corrected chi connectivity index (χ1v) is 6.46. The maximum Gasteiger partial charge on any atom is 0.240 e. The first kappa shape index (κ1) is 12.5. The molecule has 1 unspecified atom stereocenters. The van der Waals surface area contributed by atoms with Gasteiger partial charge in [-0.05, 0) is 32.2 Å². The normalized spacial score (nSPS) is 17.6. The van der Waals surface area contributed by atoms with Gasteiger partial charge in [-0.2, -0.15) is 4.98 Å². The number of hydrogen-bond acceptors (Lipinski definition) is 5. The van der Waals surface area contributed by atoms with Crippen LogP contribution in [-0.4, -0.2) is 34.7 Å². The second-order valence-corrected chi connectivity index (χ2v) is 4.91. The Hall–Kier alpha value is -0.940. The van der Waals surface area contributed by atoms with Crippen molar-refractivity contribution in [1.82, 2.24) is 15.0 Å². The van der Waals surface area contributed by atoms with Crippen molar-refractivity contribution in [3.8, 4) is 0 Å². The molecule has 0 radical (unpaired) electrons. The van der Waals surface area contributed by atoms with Gasteiger partial charge >= 0.3 is 0 Å². The van der Waals surface area contributed by atoms with E-state index in [-0.39, 0.29) is 0 Å². The number of rotatable bonds is 7. The monoisotopic (exact) mass is 238 g/mol. The second kappa shape index (κ2) is 5.60. The van der Waals surface area contributed by atoms with Crippen LogP contribution in [0.4, 0.5) is 0 Å². The van der Waals surface area contributed by atoms with Gasteiger partial charge in [-0.15, -0.1) is 0 Å². The first-order valence-electron chi connectivity index (χ1n) is 6.46. The van der Waals surface area contributed by atoms with Gasteiger partial charge in [0.1, 0.15) is 0 Å². The Kier molecular flexibility index (Phi) is 4.12. The minimum Gasteiger partial charge on any atom is -0.338 e. The van der Waals surface area contributed by atoms with Crippen LogP contribution in [0.3, 0.4) is 0 Å². The van der Waals surface area contributed by atoms with Crippen molar-refractivity contribution in [3.63, 3.8) is 0 Å². The summed E-state index contributed by atoms with van der Waals surface area (Å²) in [5, 5.41) is 3.96. The number of nitrogens with two attached hydrogens (primary N) is 1. The summed E-state index contributed by atoms with van der Waals surface area (Å²) in [6.45, 7) is 3.52. The van der Waals surface area contributed by atoms with E-state index in [1.165, 1.54) is 12.8 Å². The third-order valence-electron chi connectivity index (χ3n) is 3.34. The molecule has 1 aromatic heterocycles. The van der Waals surface area contributed by atoms with E-state index < -0.39 is 0 Å². The first-order chi connectivity index (χ1) is 8.24. The van der Waals surface area contributed by atoms with E-state index in [0.717, 1.165) is 24.6 Å². The third-order valence-corrected chi connectivity index (χ3v) is 3.34. The van der Waals surface area contributed by atoms with Crippen LogP contribution in [0.15, 0.2) is 4.52 Å². The van der Waals surface area contributed by atoms with Crippen molar-refractivity contribution in [1.29, 1.82) is 0 Å². The molecule has 0 aliphatic heterocycles. The fourth-order valence-electron chi connectivity index (χ4n) is 2.22. The average Bonchev–Trinajstić information content (AvgIpc) is 3.03. The average molecular weight is 238 g/mol. The second-order valence-electron chi connectivity index (χ2n) is 4.91. The SMILES string of the molecule is CCCc1noc(CN(C)C(CN)C2CC2)n1. The van der Waals surface area contributed by atoms with Gasteiger partial charge in [-0.25, -0.2) is 0 Å². The molecule has 1 aliphatic rings. The number of hydrogen-bond donors (Lipinski definition) is 1. The lowest BCUT2D eigenvalue weighted by Crippen LogP contribution is -2.39. The molecular weight excluding hydrogens is 216 g/mol. The molecule has 0 spiro atoms. The summed E-state index contributed by atoms with van der Waals surface area (Å²) in [5.74, 6) is 2.28. The summed E-state index contributed by atoms with van der Waals surface area (Å²) >= 11 is 0. The molecule has 96 valence electrons. The highest BCUT2D eigenvalue weighted by molar-refractivity contribution is 4.91. The van der Waals surface area contributed by atoms with Crippen LogP contribution in [0, 0.1) is 5.92 Å². The van der Waals surface area contributed by atoms with Gasteiger partial charge in [0.25, 0.3) is 0 Å². The molecule has 0 bridgehead atoms. The van der Waals surface area contributed by atoms with Crippen LogP contribution >= 0.6 is 0 Å². The van der Waals surface area contributed by atoms with E-state index in [0.29, 0.717) is 25.0 Å².